The Labute approximate surface area is 104 Å². The van der Waals surface area contributed by atoms with E-state index in [0.29, 0.717) is 11.6 Å². The molecule has 6 nitrogen and oxygen atoms in total. The Bertz CT molecular complexity index is 531. The van der Waals surface area contributed by atoms with Crippen LogP contribution in [0.15, 0.2) is 42.6 Å². The van der Waals surface area contributed by atoms with Crippen LogP contribution in [0.1, 0.15) is 0 Å². The number of aromatic nitrogens is 2. The standard InChI is InChI=1S/C12H11N3O3/c1-17-11-13-8-7-10(14-11)15-12(16)18-9-5-3-2-4-6-9/h2-8H,1H3,(H,13,14,15,16). The molecule has 18 heavy (non-hydrogen) atoms. The fourth-order valence-electron chi connectivity index (χ4n) is 1.23. The third-order valence-corrected chi connectivity index (χ3v) is 2.00. The number of para-hydroxylation sites is 1. The molecular formula is C12H11N3O3. The number of anilines is 1. The van der Waals surface area contributed by atoms with E-state index >= 15 is 0 Å². The molecule has 0 spiro atoms. The number of carbonyl (C=O) groups excluding carboxylic acids is 1. The van der Waals surface area contributed by atoms with Crippen molar-refractivity contribution in [3.63, 3.8) is 0 Å². The van der Waals surface area contributed by atoms with Crippen molar-refractivity contribution in [3.05, 3.63) is 42.6 Å². The van der Waals surface area contributed by atoms with Crippen molar-refractivity contribution in [1.82, 2.24) is 9.97 Å². The van der Waals surface area contributed by atoms with E-state index in [1.54, 1.807) is 24.3 Å². The molecule has 2 rings (SSSR count). The number of rotatable bonds is 3. The van der Waals surface area contributed by atoms with E-state index in [1.807, 2.05) is 6.07 Å². The van der Waals surface area contributed by atoms with Gasteiger partial charge in [-0.2, -0.15) is 4.98 Å². The summed E-state index contributed by atoms with van der Waals surface area (Å²) in [6.07, 6.45) is 0.853. The van der Waals surface area contributed by atoms with Gasteiger partial charge in [-0.05, 0) is 18.2 Å². The molecule has 0 fully saturated rings. The lowest BCUT2D eigenvalue weighted by Crippen LogP contribution is -2.17. The van der Waals surface area contributed by atoms with Gasteiger partial charge in [0.1, 0.15) is 11.6 Å². The van der Waals surface area contributed by atoms with E-state index in [2.05, 4.69) is 15.3 Å². The average Bonchev–Trinajstić information content (AvgIpc) is 2.40. The summed E-state index contributed by atoms with van der Waals surface area (Å²) in [7, 11) is 1.45. The van der Waals surface area contributed by atoms with Gasteiger partial charge in [-0.15, -0.1) is 0 Å². The van der Waals surface area contributed by atoms with Crippen molar-refractivity contribution in [2.75, 3.05) is 12.4 Å². The molecule has 1 heterocycles. The second-order valence-corrected chi connectivity index (χ2v) is 3.26. The van der Waals surface area contributed by atoms with Gasteiger partial charge in [0.15, 0.2) is 0 Å². The molecule has 1 amide bonds. The van der Waals surface area contributed by atoms with Gasteiger partial charge in [-0.25, -0.2) is 9.78 Å². The number of methoxy groups -OCH3 is 1. The van der Waals surface area contributed by atoms with Crippen molar-refractivity contribution in [2.24, 2.45) is 0 Å². The third-order valence-electron chi connectivity index (χ3n) is 2.00. The van der Waals surface area contributed by atoms with E-state index in [1.165, 1.54) is 19.4 Å². The number of hydrogen-bond donors (Lipinski definition) is 1. The fourth-order valence-corrected chi connectivity index (χ4v) is 1.23. The number of ether oxygens (including phenoxy) is 2. The Morgan fingerprint density at radius 2 is 2.00 bits per heavy atom. The Hall–Kier alpha value is -2.63. The quantitative estimate of drug-likeness (QED) is 0.896. The molecule has 0 atom stereocenters. The van der Waals surface area contributed by atoms with Gasteiger partial charge in [0, 0.05) is 6.20 Å². The first-order chi connectivity index (χ1) is 8.78. The smallest absolute Gasteiger partial charge is 0.418 e. The molecular weight excluding hydrogens is 234 g/mol. The number of benzene rings is 1. The zero-order valence-electron chi connectivity index (χ0n) is 9.66. The molecule has 0 radical (unpaired) electrons. The highest BCUT2D eigenvalue weighted by atomic mass is 16.6. The summed E-state index contributed by atoms with van der Waals surface area (Å²) in [5.41, 5.74) is 0. The minimum Gasteiger partial charge on any atom is -0.467 e. The van der Waals surface area contributed by atoms with Gasteiger partial charge in [-0.3, -0.25) is 5.32 Å². The van der Waals surface area contributed by atoms with Gasteiger partial charge in [-0.1, -0.05) is 18.2 Å². The number of hydrogen-bond acceptors (Lipinski definition) is 5. The molecule has 0 aliphatic rings. The molecule has 1 aromatic carbocycles. The number of amides is 1. The third kappa shape index (κ3) is 3.18. The second-order valence-electron chi connectivity index (χ2n) is 3.26. The van der Waals surface area contributed by atoms with Crippen LogP contribution in [0, 0.1) is 0 Å². The molecule has 2 aromatic rings. The fraction of sp³-hybridized carbons (Fsp3) is 0.0833. The summed E-state index contributed by atoms with van der Waals surface area (Å²) < 4.78 is 9.88. The minimum atomic E-state index is -0.623. The average molecular weight is 245 g/mol. The molecule has 92 valence electrons. The topological polar surface area (TPSA) is 73.3 Å². The molecule has 6 heteroatoms. The number of carbonyl (C=O) groups is 1. The number of nitrogens with zero attached hydrogens (tertiary/aromatic N) is 2. The predicted octanol–water partition coefficient (Wildman–Crippen LogP) is 2.10. The maximum atomic E-state index is 11.5. The lowest BCUT2D eigenvalue weighted by Gasteiger charge is -2.06. The first kappa shape index (κ1) is 11.8. The van der Waals surface area contributed by atoms with Crippen LogP contribution in [0.5, 0.6) is 11.8 Å². The summed E-state index contributed by atoms with van der Waals surface area (Å²) >= 11 is 0. The highest BCUT2D eigenvalue weighted by Crippen LogP contribution is 2.11. The normalized spacial score (nSPS) is 9.61. The number of nitrogens with one attached hydrogen (secondary N) is 1. The van der Waals surface area contributed by atoms with E-state index in [0.717, 1.165) is 0 Å². The van der Waals surface area contributed by atoms with Crippen molar-refractivity contribution in [2.45, 2.75) is 0 Å². The zero-order valence-corrected chi connectivity index (χ0v) is 9.66. The SMILES string of the molecule is COc1nccc(NC(=O)Oc2ccccc2)n1. The zero-order chi connectivity index (χ0) is 12.8. The van der Waals surface area contributed by atoms with Crippen LogP contribution in [-0.2, 0) is 0 Å². The van der Waals surface area contributed by atoms with Crippen molar-refractivity contribution in [1.29, 1.82) is 0 Å². The highest BCUT2D eigenvalue weighted by Gasteiger charge is 2.06. The molecule has 0 aliphatic carbocycles. The molecule has 1 N–H and O–H groups in total. The van der Waals surface area contributed by atoms with Crippen LogP contribution in [0.4, 0.5) is 10.6 Å². The monoisotopic (exact) mass is 245 g/mol. The Kier molecular flexibility index (Phi) is 3.70. The molecule has 0 saturated carbocycles. The van der Waals surface area contributed by atoms with E-state index < -0.39 is 6.09 Å². The Balaban J connectivity index is 1.99. The Morgan fingerprint density at radius 1 is 1.22 bits per heavy atom. The van der Waals surface area contributed by atoms with Crippen molar-refractivity contribution >= 4 is 11.9 Å². The first-order valence-electron chi connectivity index (χ1n) is 5.19. The maximum Gasteiger partial charge on any atom is 0.418 e. The van der Waals surface area contributed by atoms with Crippen LogP contribution >= 0.6 is 0 Å². The van der Waals surface area contributed by atoms with Crippen molar-refractivity contribution < 1.29 is 14.3 Å². The molecule has 0 aliphatic heterocycles. The van der Waals surface area contributed by atoms with Crippen LogP contribution in [0.3, 0.4) is 0 Å². The van der Waals surface area contributed by atoms with E-state index in [-0.39, 0.29) is 6.01 Å². The van der Waals surface area contributed by atoms with Gasteiger partial charge < -0.3 is 9.47 Å². The second kappa shape index (κ2) is 5.62. The van der Waals surface area contributed by atoms with Gasteiger partial charge in [0.2, 0.25) is 0 Å². The summed E-state index contributed by atoms with van der Waals surface area (Å²) in [5, 5.41) is 2.47. The van der Waals surface area contributed by atoms with Crippen LogP contribution in [-0.4, -0.2) is 23.2 Å². The van der Waals surface area contributed by atoms with Crippen molar-refractivity contribution in [3.8, 4) is 11.8 Å². The summed E-state index contributed by atoms with van der Waals surface area (Å²) in [5.74, 6) is 0.763. The van der Waals surface area contributed by atoms with Crippen LogP contribution in [0.25, 0.3) is 0 Å². The maximum absolute atomic E-state index is 11.5. The minimum absolute atomic E-state index is 0.174. The molecule has 0 saturated heterocycles. The largest absolute Gasteiger partial charge is 0.467 e. The first-order valence-corrected chi connectivity index (χ1v) is 5.19. The Morgan fingerprint density at radius 3 is 2.72 bits per heavy atom. The van der Waals surface area contributed by atoms with Gasteiger partial charge in [0.05, 0.1) is 7.11 Å². The van der Waals surface area contributed by atoms with E-state index in [4.69, 9.17) is 9.47 Å². The predicted molar refractivity (Wildman–Crippen MR) is 64.7 cm³/mol. The summed E-state index contributed by atoms with van der Waals surface area (Å²) in [6.45, 7) is 0. The highest BCUT2D eigenvalue weighted by molar-refractivity contribution is 5.85. The van der Waals surface area contributed by atoms with E-state index in [9.17, 15) is 4.79 Å². The molecule has 1 aromatic heterocycles. The summed E-state index contributed by atoms with van der Waals surface area (Å²) in [4.78, 5) is 19.3. The summed E-state index contributed by atoms with van der Waals surface area (Å²) in [6, 6.07) is 10.5. The van der Waals surface area contributed by atoms with Gasteiger partial charge >= 0.3 is 12.1 Å². The lowest BCUT2D eigenvalue weighted by molar-refractivity contribution is 0.215. The van der Waals surface area contributed by atoms with Crippen LogP contribution < -0.4 is 14.8 Å². The molecule has 0 unspecified atom stereocenters. The van der Waals surface area contributed by atoms with Crippen LogP contribution in [0.2, 0.25) is 0 Å². The lowest BCUT2D eigenvalue weighted by atomic mass is 10.3. The van der Waals surface area contributed by atoms with Gasteiger partial charge in [0.25, 0.3) is 0 Å². The molecule has 0 bridgehead atoms.